The van der Waals surface area contributed by atoms with E-state index in [-0.39, 0.29) is 40.5 Å². The number of imidazole rings is 1. The van der Waals surface area contributed by atoms with E-state index in [9.17, 15) is 9.50 Å². The number of nitrogens with two attached hydrogens (primary N) is 1. The van der Waals surface area contributed by atoms with Gasteiger partial charge in [-0.2, -0.15) is 9.97 Å². The van der Waals surface area contributed by atoms with Crippen LogP contribution in [0.1, 0.15) is 5.56 Å². The molecule has 0 amide bonds. The zero-order valence-electron chi connectivity index (χ0n) is 12.7. The summed E-state index contributed by atoms with van der Waals surface area (Å²) in [5.74, 6) is -1.21. The second-order valence-corrected chi connectivity index (χ2v) is 5.21. The van der Waals surface area contributed by atoms with Crippen LogP contribution in [0.25, 0.3) is 11.2 Å². The zero-order valence-corrected chi connectivity index (χ0v) is 13.5. The summed E-state index contributed by atoms with van der Waals surface area (Å²) in [6.07, 6.45) is 1.43. The molecule has 2 aromatic heterocycles. The monoisotopic (exact) mass is 353 g/mol. The Bertz CT molecular complexity index is 931. The Morgan fingerprint density at radius 3 is 2.67 bits per heavy atom. The fraction of sp³-hybridized carbons (Fsp3) is 0.214. The zero-order chi connectivity index (χ0) is 17.4. The quantitative estimate of drug-likeness (QED) is 0.690. The van der Waals surface area contributed by atoms with Gasteiger partial charge in [0.1, 0.15) is 5.52 Å². The third-order valence-corrected chi connectivity index (χ3v) is 3.68. The molecule has 3 rings (SSSR count). The predicted molar refractivity (Wildman–Crippen MR) is 85.0 cm³/mol. The average Bonchev–Trinajstić information content (AvgIpc) is 2.93. The van der Waals surface area contributed by atoms with Gasteiger partial charge < -0.3 is 24.9 Å². The molecule has 0 atom stereocenters. The summed E-state index contributed by atoms with van der Waals surface area (Å²) < 4.78 is 26.1. The number of hydrogen-bond donors (Lipinski definition) is 2. The number of nitrogen functional groups attached to an aromatic ring is 1. The van der Waals surface area contributed by atoms with Crippen molar-refractivity contribution in [2.24, 2.45) is 0 Å². The lowest BCUT2D eigenvalue weighted by atomic mass is 10.1. The van der Waals surface area contributed by atoms with E-state index in [4.69, 9.17) is 26.8 Å². The molecule has 10 heteroatoms. The largest absolute Gasteiger partial charge is 0.504 e. The molecule has 3 N–H and O–H groups in total. The van der Waals surface area contributed by atoms with Crippen LogP contribution in [-0.2, 0) is 6.54 Å². The highest BCUT2D eigenvalue weighted by Crippen LogP contribution is 2.40. The Hall–Kier alpha value is -2.81. The number of aromatic nitrogens is 4. The number of nitrogens with zero attached hydrogens (tertiary/aromatic N) is 4. The predicted octanol–water partition coefficient (Wildman–Crippen LogP) is 1.97. The lowest BCUT2D eigenvalue weighted by Gasteiger charge is -2.14. The first-order chi connectivity index (χ1) is 11.5. The van der Waals surface area contributed by atoms with Crippen LogP contribution in [0.3, 0.4) is 0 Å². The SMILES string of the molecule is COc1c(O)cc(Cn2cnc3c(Cl)nc(N)nc32)c(F)c1OC. The van der Waals surface area contributed by atoms with Crippen molar-refractivity contribution < 1.29 is 19.0 Å². The number of rotatable bonds is 4. The smallest absolute Gasteiger partial charge is 0.223 e. The van der Waals surface area contributed by atoms with Crippen molar-refractivity contribution in [3.8, 4) is 17.2 Å². The molecule has 0 unspecified atom stereocenters. The number of halogens is 2. The molecule has 0 saturated heterocycles. The third kappa shape index (κ3) is 2.52. The van der Waals surface area contributed by atoms with Crippen LogP contribution in [0.4, 0.5) is 10.3 Å². The van der Waals surface area contributed by atoms with E-state index in [1.165, 1.54) is 31.2 Å². The number of phenolic OH excluding ortho intramolecular Hbond substituents is 1. The van der Waals surface area contributed by atoms with E-state index in [1.807, 2.05) is 0 Å². The van der Waals surface area contributed by atoms with Gasteiger partial charge in [0.2, 0.25) is 17.4 Å². The molecule has 0 saturated carbocycles. The maximum Gasteiger partial charge on any atom is 0.223 e. The average molecular weight is 354 g/mol. The van der Waals surface area contributed by atoms with E-state index >= 15 is 0 Å². The molecule has 0 aliphatic carbocycles. The minimum Gasteiger partial charge on any atom is -0.504 e. The van der Waals surface area contributed by atoms with Gasteiger partial charge in [-0.1, -0.05) is 11.6 Å². The second kappa shape index (κ2) is 6.00. The van der Waals surface area contributed by atoms with E-state index < -0.39 is 5.82 Å². The van der Waals surface area contributed by atoms with Crippen LogP contribution in [-0.4, -0.2) is 38.8 Å². The Labute approximate surface area is 140 Å². The summed E-state index contributed by atoms with van der Waals surface area (Å²) in [6.45, 7) is 0.0169. The Morgan fingerprint density at radius 2 is 2.00 bits per heavy atom. The summed E-state index contributed by atoms with van der Waals surface area (Å²) >= 11 is 5.96. The molecule has 8 nitrogen and oxygen atoms in total. The number of aromatic hydroxyl groups is 1. The van der Waals surface area contributed by atoms with E-state index in [2.05, 4.69) is 15.0 Å². The minimum absolute atomic E-state index is 0.0169. The molecule has 0 aliphatic heterocycles. The van der Waals surface area contributed by atoms with Crippen LogP contribution < -0.4 is 15.2 Å². The first-order valence-electron chi connectivity index (χ1n) is 6.72. The normalized spacial score (nSPS) is 11.0. The summed E-state index contributed by atoms with van der Waals surface area (Å²) in [4.78, 5) is 12.0. The highest BCUT2D eigenvalue weighted by atomic mass is 35.5. The van der Waals surface area contributed by atoms with Crippen LogP contribution in [0.15, 0.2) is 12.4 Å². The molecule has 0 aliphatic rings. The summed E-state index contributed by atoms with van der Waals surface area (Å²) in [6, 6.07) is 1.24. The molecule has 0 spiro atoms. The number of benzene rings is 1. The highest BCUT2D eigenvalue weighted by molar-refractivity contribution is 6.33. The minimum atomic E-state index is -0.665. The fourth-order valence-corrected chi connectivity index (χ4v) is 2.60. The molecule has 2 heterocycles. The van der Waals surface area contributed by atoms with Gasteiger partial charge in [0.25, 0.3) is 0 Å². The van der Waals surface area contributed by atoms with Crippen molar-refractivity contribution in [3.63, 3.8) is 0 Å². The van der Waals surface area contributed by atoms with Crippen LogP contribution in [0.2, 0.25) is 5.15 Å². The maximum absolute atomic E-state index is 14.6. The molecule has 0 fully saturated rings. The number of phenols is 1. The number of hydrogen-bond acceptors (Lipinski definition) is 7. The molecular weight excluding hydrogens is 341 g/mol. The Balaban J connectivity index is 2.11. The fourth-order valence-electron chi connectivity index (χ4n) is 2.38. The van der Waals surface area contributed by atoms with Crippen LogP contribution >= 0.6 is 11.6 Å². The molecule has 24 heavy (non-hydrogen) atoms. The molecular formula is C14H13ClFN5O3. The van der Waals surface area contributed by atoms with Gasteiger partial charge in [0, 0.05) is 5.56 Å². The Morgan fingerprint density at radius 1 is 1.29 bits per heavy atom. The lowest BCUT2D eigenvalue weighted by Crippen LogP contribution is -2.05. The van der Waals surface area contributed by atoms with Crippen molar-refractivity contribution in [2.45, 2.75) is 6.54 Å². The molecule has 0 bridgehead atoms. The van der Waals surface area contributed by atoms with Gasteiger partial charge in [0.15, 0.2) is 22.4 Å². The van der Waals surface area contributed by atoms with Crippen molar-refractivity contribution >= 4 is 28.7 Å². The van der Waals surface area contributed by atoms with Crippen LogP contribution in [0, 0.1) is 5.82 Å². The van der Waals surface area contributed by atoms with Crippen molar-refractivity contribution in [1.82, 2.24) is 19.5 Å². The highest BCUT2D eigenvalue weighted by Gasteiger charge is 2.21. The lowest BCUT2D eigenvalue weighted by molar-refractivity contribution is 0.317. The van der Waals surface area contributed by atoms with Crippen molar-refractivity contribution in [1.29, 1.82) is 0 Å². The van der Waals surface area contributed by atoms with Gasteiger partial charge in [-0.15, -0.1) is 0 Å². The Kier molecular flexibility index (Phi) is 4.02. The second-order valence-electron chi connectivity index (χ2n) is 4.85. The van der Waals surface area contributed by atoms with Crippen molar-refractivity contribution in [2.75, 3.05) is 20.0 Å². The summed E-state index contributed by atoms with van der Waals surface area (Å²) in [5.41, 5.74) is 6.43. The van der Waals surface area contributed by atoms with E-state index in [1.54, 1.807) is 0 Å². The van der Waals surface area contributed by atoms with Crippen LogP contribution in [0.5, 0.6) is 17.2 Å². The van der Waals surface area contributed by atoms with E-state index in [0.29, 0.717) is 11.2 Å². The van der Waals surface area contributed by atoms with Gasteiger partial charge in [-0.05, 0) is 6.07 Å². The summed E-state index contributed by atoms with van der Waals surface area (Å²) in [5, 5.41) is 10.1. The number of methoxy groups -OCH3 is 2. The molecule has 1 aromatic carbocycles. The van der Waals surface area contributed by atoms with Gasteiger partial charge in [-0.25, -0.2) is 9.37 Å². The molecule has 0 radical (unpaired) electrons. The maximum atomic E-state index is 14.6. The third-order valence-electron chi connectivity index (χ3n) is 3.42. The molecule has 126 valence electrons. The summed E-state index contributed by atoms with van der Waals surface area (Å²) in [7, 11) is 2.59. The van der Waals surface area contributed by atoms with Gasteiger partial charge >= 0.3 is 0 Å². The number of fused-ring (bicyclic) bond motifs is 1. The number of anilines is 1. The molecule has 3 aromatic rings. The topological polar surface area (TPSA) is 108 Å². The first-order valence-corrected chi connectivity index (χ1v) is 7.10. The standard InChI is InChI=1S/C14H13ClFN5O3/c1-23-10-7(22)3-6(8(16)11(10)24-2)4-21-5-18-9-12(15)19-14(17)20-13(9)21/h3,5,22H,4H2,1-2H3,(H2,17,19,20). The first kappa shape index (κ1) is 16.1. The van der Waals surface area contributed by atoms with Gasteiger partial charge in [0.05, 0.1) is 27.1 Å². The van der Waals surface area contributed by atoms with Crippen molar-refractivity contribution in [3.05, 3.63) is 28.9 Å². The number of ether oxygens (including phenoxy) is 2. The van der Waals surface area contributed by atoms with E-state index in [0.717, 1.165) is 0 Å². The van der Waals surface area contributed by atoms with Gasteiger partial charge in [-0.3, -0.25) is 0 Å².